The Labute approximate surface area is 116 Å². The van der Waals surface area contributed by atoms with Crippen molar-refractivity contribution in [3.05, 3.63) is 29.8 Å². The molecule has 0 aliphatic rings. The summed E-state index contributed by atoms with van der Waals surface area (Å²) < 4.78 is 37.5. The number of anilines is 1. The van der Waals surface area contributed by atoms with Crippen molar-refractivity contribution >= 4 is 11.6 Å². The molecule has 2 N–H and O–H groups in total. The SMILES string of the molecule is CC(C)CCNCC(=O)Nc1cccc(C(F)(F)F)c1. The normalized spacial score (nSPS) is 11.7. The molecule has 0 aliphatic carbocycles. The molecule has 0 bridgehead atoms. The van der Waals surface area contributed by atoms with Crippen molar-refractivity contribution in [1.82, 2.24) is 5.32 Å². The molecule has 0 unspecified atom stereocenters. The zero-order valence-corrected chi connectivity index (χ0v) is 11.6. The van der Waals surface area contributed by atoms with E-state index >= 15 is 0 Å². The van der Waals surface area contributed by atoms with E-state index in [1.807, 2.05) is 0 Å². The molecule has 1 aromatic carbocycles. The molecule has 0 atom stereocenters. The Morgan fingerprint density at radius 3 is 2.60 bits per heavy atom. The van der Waals surface area contributed by atoms with E-state index < -0.39 is 11.7 Å². The van der Waals surface area contributed by atoms with Crippen LogP contribution in [0.1, 0.15) is 25.8 Å². The lowest BCUT2D eigenvalue weighted by Crippen LogP contribution is -2.29. The fourth-order valence-electron chi connectivity index (χ4n) is 1.57. The zero-order valence-electron chi connectivity index (χ0n) is 11.6. The van der Waals surface area contributed by atoms with Crippen LogP contribution in [0.15, 0.2) is 24.3 Å². The molecule has 1 amide bonds. The highest BCUT2D eigenvalue weighted by molar-refractivity contribution is 5.92. The Morgan fingerprint density at radius 2 is 2.00 bits per heavy atom. The second-order valence-corrected chi connectivity index (χ2v) is 4.99. The van der Waals surface area contributed by atoms with Gasteiger partial charge in [0.05, 0.1) is 12.1 Å². The van der Waals surface area contributed by atoms with Gasteiger partial charge in [-0.3, -0.25) is 4.79 Å². The first kappa shape index (κ1) is 16.5. The minimum absolute atomic E-state index is 0.0863. The summed E-state index contributed by atoms with van der Waals surface area (Å²) in [7, 11) is 0. The molecule has 0 fully saturated rings. The highest BCUT2D eigenvalue weighted by atomic mass is 19.4. The lowest BCUT2D eigenvalue weighted by Gasteiger charge is -2.10. The van der Waals surface area contributed by atoms with E-state index in [0.29, 0.717) is 12.5 Å². The third-order valence-electron chi connectivity index (χ3n) is 2.66. The van der Waals surface area contributed by atoms with E-state index in [9.17, 15) is 18.0 Å². The van der Waals surface area contributed by atoms with Gasteiger partial charge in [-0.15, -0.1) is 0 Å². The largest absolute Gasteiger partial charge is 0.416 e. The molecular weight excluding hydrogens is 269 g/mol. The van der Waals surface area contributed by atoms with Crippen LogP contribution in [0.3, 0.4) is 0 Å². The minimum Gasteiger partial charge on any atom is -0.325 e. The van der Waals surface area contributed by atoms with Crippen LogP contribution in [0, 0.1) is 5.92 Å². The third kappa shape index (κ3) is 6.06. The summed E-state index contributed by atoms with van der Waals surface area (Å²) in [6.45, 7) is 4.94. The Hall–Kier alpha value is -1.56. The van der Waals surface area contributed by atoms with Crippen molar-refractivity contribution < 1.29 is 18.0 Å². The van der Waals surface area contributed by atoms with E-state index in [1.165, 1.54) is 12.1 Å². The first-order chi connectivity index (χ1) is 9.29. The molecule has 0 aromatic heterocycles. The van der Waals surface area contributed by atoms with Gasteiger partial charge in [0.25, 0.3) is 0 Å². The summed E-state index contributed by atoms with van der Waals surface area (Å²) in [4.78, 5) is 11.6. The number of halogens is 3. The van der Waals surface area contributed by atoms with Gasteiger partial charge in [-0.25, -0.2) is 0 Å². The van der Waals surface area contributed by atoms with Crippen molar-refractivity contribution in [3.63, 3.8) is 0 Å². The average molecular weight is 288 g/mol. The highest BCUT2D eigenvalue weighted by Gasteiger charge is 2.30. The van der Waals surface area contributed by atoms with E-state index in [-0.39, 0.29) is 18.1 Å². The quantitative estimate of drug-likeness (QED) is 0.789. The van der Waals surface area contributed by atoms with Gasteiger partial charge in [-0.2, -0.15) is 13.2 Å². The second-order valence-electron chi connectivity index (χ2n) is 4.99. The van der Waals surface area contributed by atoms with Crippen molar-refractivity contribution in [1.29, 1.82) is 0 Å². The number of rotatable bonds is 6. The molecule has 20 heavy (non-hydrogen) atoms. The number of amides is 1. The summed E-state index contributed by atoms with van der Waals surface area (Å²) in [6.07, 6.45) is -3.47. The number of alkyl halides is 3. The van der Waals surface area contributed by atoms with Crippen LogP contribution < -0.4 is 10.6 Å². The molecule has 1 rings (SSSR count). The summed E-state index contributed by atoms with van der Waals surface area (Å²) in [5.74, 6) is 0.183. The Kier molecular flexibility index (Phi) is 6.01. The summed E-state index contributed by atoms with van der Waals surface area (Å²) in [5.41, 5.74) is -0.626. The second kappa shape index (κ2) is 7.28. The predicted molar refractivity (Wildman–Crippen MR) is 72.4 cm³/mol. The smallest absolute Gasteiger partial charge is 0.325 e. The molecule has 0 saturated heterocycles. The molecular formula is C14H19F3N2O. The monoisotopic (exact) mass is 288 g/mol. The van der Waals surface area contributed by atoms with Crippen LogP contribution in [0.5, 0.6) is 0 Å². The number of carbonyl (C=O) groups is 1. The van der Waals surface area contributed by atoms with Gasteiger partial charge in [-0.1, -0.05) is 19.9 Å². The molecule has 6 heteroatoms. The molecule has 1 aromatic rings. The minimum atomic E-state index is -4.41. The molecule has 0 radical (unpaired) electrons. The number of carbonyl (C=O) groups excluding carboxylic acids is 1. The Bertz CT molecular complexity index is 444. The van der Waals surface area contributed by atoms with Gasteiger partial charge in [0.2, 0.25) is 5.91 Å². The zero-order chi connectivity index (χ0) is 15.2. The van der Waals surface area contributed by atoms with Gasteiger partial charge in [0.15, 0.2) is 0 Å². The van der Waals surface area contributed by atoms with Gasteiger partial charge >= 0.3 is 6.18 Å². The highest BCUT2D eigenvalue weighted by Crippen LogP contribution is 2.30. The van der Waals surface area contributed by atoms with Crippen LogP contribution in [0.25, 0.3) is 0 Å². The fourth-order valence-corrected chi connectivity index (χ4v) is 1.57. The van der Waals surface area contributed by atoms with Crippen LogP contribution in [0.4, 0.5) is 18.9 Å². The van der Waals surface area contributed by atoms with Gasteiger partial charge in [0, 0.05) is 5.69 Å². The predicted octanol–water partition coefficient (Wildman–Crippen LogP) is 3.28. The lowest BCUT2D eigenvalue weighted by atomic mass is 10.1. The number of nitrogens with one attached hydrogen (secondary N) is 2. The number of hydrogen-bond acceptors (Lipinski definition) is 2. The van der Waals surface area contributed by atoms with Gasteiger partial charge < -0.3 is 10.6 Å². The van der Waals surface area contributed by atoms with E-state index in [1.54, 1.807) is 0 Å². The molecule has 112 valence electrons. The number of hydrogen-bond donors (Lipinski definition) is 2. The summed E-state index contributed by atoms with van der Waals surface area (Å²) >= 11 is 0. The van der Waals surface area contributed by atoms with Gasteiger partial charge in [-0.05, 0) is 37.1 Å². The molecule has 0 saturated carbocycles. The fraction of sp³-hybridized carbons (Fsp3) is 0.500. The van der Waals surface area contributed by atoms with E-state index in [4.69, 9.17) is 0 Å². The van der Waals surface area contributed by atoms with Crippen LogP contribution in [0.2, 0.25) is 0 Å². The topological polar surface area (TPSA) is 41.1 Å². The van der Waals surface area contributed by atoms with Crippen molar-refractivity contribution in [3.8, 4) is 0 Å². The van der Waals surface area contributed by atoms with E-state index in [2.05, 4.69) is 24.5 Å². The molecule has 0 heterocycles. The lowest BCUT2D eigenvalue weighted by molar-refractivity contribution is -0.137. The first-order valence-electron chi connectivity index (χ1n) is 6.47. The average Bonchev–Trinajstić information content (AvgIpc) is 2.34. The Morgan fingerprint density at radius 1 is 1.30 bits per heavy atom. The maximum Gasteiger partial charge on any atom is 0.416 e. The maximum absolute atomic E-state index is 12.5. The Balaban J connectivity index is 2.46. The summed E-state index contributed by atoms with van der Waals surface area (Å²) in [6, 6.07) is 4.59. The van der Waals surface area contributed by atoms with Crippen LogP contribution in [-0.4, -0.2) is 19.0 Å². The maximum atomic E-state index is 12.5. The standard InChI is InChI=1S/C14H19F3N2O/c1-10(2)6-7-18-9-13(20)19-12-5-3-4-11(8-12)14(15,16)17/h3-5,8,10,18H,6-7,9H2,1-2H3,(H,19,20). The number of benzene rings is 1. The summed E-state index contributed by atoms with van der Waals surface area (Å²) in [5, 5.41) is 5.39. The van der Waals surface area contributed by atoms with Crippen LogP contribution in [-0.2, 0) is 11.0 Å². The molecule has 0 aliphatic heterocycles. The van der Waals surface area contributed by atoms with Crippen molar-refractivity contribution in [2.75, 3.05) is 18.4 Å². The van der Waals surface area contributed by atoms with Gasteiger partial charge in [0.1, 0.15) is 0 Å². The first-order valence-corrected chi connectivity index (χ1v) is 6.47. The molecule has 3 nitrogen and oxygen atoms in total. The van der Waals surface area contributed by atoms with E-state index in [0.717, 1.165) is 18.6 Å². The van der Waals surface area contributed by atoms with Crippen LogP contribution >= 0.6 is 0 Å². The molecule has 0 spiro atoms. The van der Waals surface area contributed by atoms with Crippen molar-refractivity contribution in [2.24, 2.45) is 5.92 Å². The third-order valence-corrected chi connectivity index (χ3v) is 2.66. The van der Waals surface area contributed by atoms with Crippen molar-refractivity contribution in [2.45, 2.75) is 26.4 Å².